The zero-order valence-electron chi connectivity index (χ0n) is 11.7. The Morgan fingerprint density at radius 2 is 2.11 bits per heavy atom. The van der Waals surface area contributed by atoms with Gasteiger partial charge in [-0.15, -0.1) is 0 Å². The van der Waals surface area contributed by atoms with Gasteiger partial charge in [0, 0.05) is 18.0 Å². The summed E-state index contributed by atoms with van der Waals surface area (Å²) in [4.78, 5) is 4.52. The minimum atomic E-state index is 0.355. The molecule has 0 saturated heterocycles. The lowest BCUT2D eigenvalue weighted by molar-refractivity contribution is 0.551. The molecule has 2 rings (SSSR count). The second kappa shape index (κ2) is 6.27. The van der Waals surface area contributed by atoms with E-state index in [1.165, 1.54) is 0 Å². The molecular weight excluding hydrogens is 238 g/mol. The predicted octanol–water partition coefficient (Wildman–Crippen LogP) is 2.90. The number of fused-ring (bicyclic) bond motifs is 1. The van der Waals surface area contributed by atoms with Crippen molar-refractivity contribution in [2.75, 3.05) is 6.54 Å². The zero-order chi connectivity index (χ0) is 13.7. The molecule has 2 aromatic rings. The quantitative estimate of drug-likeness (QED) is 0.655. The molecule has 0 bridgehead atoms. The van der Waals surface area contributed by atoms with Crippen molar-refractivity contribution in [1.82, 2.24) is 10.6 Å². The minimum Gasteiger partial charge on any atom is -0.459 e. The van der Waals surface area contributed by atoms with E-state index in [0.29, 0.717) is 12.6 Å². The molecule has 0 radical (unpaired) electrons. The minimum absolute atomic E-state index is 0.355. The summed E-state index contributed by atoms with van der Waals surface area (Å²) in [6.07, 6.45) is 0. The Hall–Kier alpha value is -1.97. The number of guanidine groups is 1. The number of nitrogens with one attached hydrogen (secondary N) is 2. The first-order chi connectivity index (χ1) is 9.19. The normalized spacial score (nSPS) is 12.1. The number of nitrogens with zero attached hydrogens (tertiary/aromatic N) is 1. The summed E-state index contributed by atoms with van der Waals surface area (Å²) in [6.45, 7) is 7.62. The van der Waals surface area contributed by atoms with Gasteiger partial charge < -0.3 is 15.1 Å². The van der Waals surface area contributed by atoms with Crippen LogP contribution in [-0.4, -0.2) is 18.5 Å². The molecule has 0 aliphatic rings. The molecule has 0 atom stereocenters. The van der Waals surface area contributed by atoms with E-state index in [-0.39, 0.29) is 0 Å². The van der Waals surface area contributed by atoms with Crippen LogP contribution in [0.1, 0.15) is 26.5 Å². The highest BCUT2D eigenvalue weighted by Gasteiger charge is 2.04. The standard InChI is InChI=1S/C15H21N3O/c1-4-16-15(18-11(2)3)17-10-13-9-12-7-5-6-8-14(12)19-13/h5-9,11H,4,10H2,1-3H3,(H2,16,17,18). The maximum atomic E-state index is 5.74. The summed E-state index contributed by atoms with van der Waals surface area (Å²) in [7, 11) is 0. The van der Waals surface area contributed by atoms with Gasteiger partial charge in [0.15, 0.2) is 5.96 Å². The Morgan fingerprint density at radius 1 is 1.32 bits per heavy atom. The van der Waals surface area contributed by atoms with Crippen LogP contribution in [0.25, 0.3) is 11.0 Å². The lowest BCUT2D eigenvalue weighted by Crippen LogP contribution is -2.40. The largest absolute Gasteiger partial charge is 0.459 e. The third kappa shape index (κ3) is 3.74. The highest BCUT2D eigenvalue weighted by atomic mass is 16.3. The van der Waals surface area contributed by atoms with Gasteiger partial charge in [0.1, 0.15) is 17.9 Å². The highest BCUT2D eigenvalue weighted by molar-refractivity contribution is 5.80. The van der Waals surface area contributed by atoms with Crippen LogP contribution in [0.15, 0.2) is 39.7 Å². The maximum absolute atomic E-state index is 5.74. The summed E-state index contributed by atoms with van der Waals surface area (Å²) < 4.78 is 5.74. The number of furan rings is 1. The molecule has 102 valence electrons. The molecule has 0 saturated carbocycles. The van der Waals surface area contributed by atoms with Crippen LogP contribution >= 0.6 is 0 Å². The first kappa shape index (κ1) is 13.5. The van der Waals surface area contributed by atoms with Crippen molar-refractivity contribution in [2.24, 2.45) is 4.99 Å². The average molecular weight is 259 g/mol. The molecule has 2 N–H and O–H groups in total. The van der Waals surface area contributed by atoms with Crippen molar-refractivity contribution in [3.8, 4) is 0 Å². The molecule has 0 aliphatic carbocycles. The van der Waals surface area contributed by atoms with Crippen LogP contribution in [0.3, 0.4) is 0 Å². The monoisotopic (exact) mass is 259 g/mol. The van der Waals surface area contributed by atoms with Crippen LogP contribution in [-0.2, 0) is 6.54 Å². The predicted molar refractivity (Wildman–Crippen MR) is 79.3 cm³/mol. The second-order valence-corrected chi connectivity index (χ2v) is 4.74. The van der Waals surface area contributed by atoms with E-state index in [0.717, 1.165) is 29.2 Å². The van der Waals surface area contributed by atoms with Gasteiger partial charge in [-0.2, -0.15) is 0 Å². The average Bonchev–Trinajstić information content (AvgIpc) is 2.78. The van der Waals surface area contributed by atoms with E-state index in [9.17, 15) is 0 Å². The zero-order valence-corrected chi connectivity index (χ0v) is 11.7. The Balaban J connectivity index is 2.09. The van der Waals surface area contributed by atoms with Crippen molar-refractivity contribution in [2.45, 2.75) is 33.4 Å². The summed E-state index contributed by atoms with van der Waals surface area (Å²) in [5.74, 6) is 1.69. The number of rotatable bonds is 4. The van der Waals surface area contributed by atoms with E-state index >= 15 is 0 Å². The fourth-order valence-electron chi connectivity index (χ4n) is 1.87. The van der Waals surface area contributed by atoms with E-state index < -0.39 is 0 Å². The number of aliphatic imine (C=N–C) groups is 1. The van der Waals surface area contributed by atoms with Crippen molar-refractivity contribution < 1.29 is 4.42 Å². The molecule has 19 heavy (non-hydrogen) atoms. The van der Waals surface area contributed by atoms with Crippen molar-refractivity contribution in [1.29, 1.82) is 0 Å². The van der Waals surface area contributed by atoms with Crippen LogP contribution in [0, 0.1) is 0 Å². The van der Waals surface area contributed by atoms with Crippen LogP contribution < -0.4 is 10.6 Å². The van der Waals surface area contributed by atoms with E-state index in [1.807, 2.05) is 30.3 Å². The van der Waals surface area contributed by atoms with Crippen LogP contribution in [0.2, 0.25) is 0 Å². The Bertz CT molecular complexity index is 524. The van der Waals surface area contributed by atoms with Gasteiger partial charge in [-0.1, -0.05) is 18.2 Å². The third-order valence-electron chi connectivity index (χ3n) is 2.64. The molecule has 1 aromatic heterocycles. The fraction of sp³-hybridized carbons (Fsp3) is 0.400. The van der Waals surface area contributed by atoms with E-state index in [2.05, 4.69) is 36.4 Å². The maximum Gasteiger partial charge on any atom is 0.191 e. The van der Waals surface area contributed by atoms with Crippen molar-refractivity contribution in [3.63, 3.8) is 0 Å². The molecule has 1 heterocycles. The first-order valence-electron chi connectivity index (χ1n) is 6.71. The highest BCUT2D eigenvalue weighted by Crippen LogP contribution is 2.19. The Morgan fingerprint density at radius 3 is 2.79 bits per heavy atom. The lowest BCUT2D eigenvalue weighted by Gasteiger charge is -2.13. The van der Waals surface area contributed by atoms with Crippen LogP contribution in [0.4, 0.5) is 0 Å². The molecule has 0 aliphatic heterocycles. The molecule has 0 amide bonds. The van der Waals surface area contributed by atoms with Gasteiger partial charge in [-0.05, 0) is 32.9 Å². The number of hydrogen-bond acceptors (Lipinski definition) is 2. The molecular formula is C15H21N3O. The summed E-state index contributed by atoms with van der Waals surface area (Å²) in [6, 6.07) is 10.4. The van der Waals surface area contributed by atoms with Gasteiger partial charge in [0.2, 0.25) is 0 Å². The smallest absolute Gasteiger partial charge is 0.191 e. The number of benzene rings is 1. The van der Waals surface area contributed by atoms with Gasteiger partial charge >= 0.3 is 0 Å². The van der Waals surface area contributed by atoms with E-state index in [4.69, 9.17) is 4.42 Å². The Kier molecular flexibility index (Phi) is 4.44. The molecule has 1 aromatic carbocycles. The molecule has 0 unspecified atom stereocenters. The molecule has 0 fully saturated rings. The summed E-state index contributed by atoms with van der Waals surface area (Å²) >= 11 is 0. The fourth-order valence-corrected chi connectivity index (χ4v) is 1.87. The van der Waals surface area contributed by atoms with Crippen molar-refractivity contribution >= 4 is 16.9 Å². The second-order valence-electron chi connectivity index (χ2n) is 4.74. The van der Waals surface area contributed by atoms with Gasteiger partial charge in [-0.25, -0.2) is 4.99 Å². The SMILES string of the molecule is CCNC(=NCc1cc2ccccc2o1)NC(C)C. The van der Waals surface area contributed by atoms with Gasteiger partial charge in [-0.3, -0.25) is 0 Å². The first-order valence-corrected chi connectivity index (χ1v) is 6.71. The topological polar surface area (TPSA) is 49.6 Å². The van der Waals surface area contributed by atoms with Crippen LogP contribution in [0.5, 0.6) is 0 Å². The lowest BCUT2D eigenvalue weighted by atomic mass is 10.2. The number of para-hydroxylation sites is 1. The van der Waals surface area contributed by atoms with Crippen molar-refractivity contribution in [3.05, 3.63) is 36.1 Å². The molecule has 4 heteroatoms. The number of hydrogen-bond donors (Lipinski definition) is 2. The third-order valence-corrected chi connectivity index (χ3v) is 2.64. The summed E-state index contributed by atoms with van der Waals surface area (Å²) in [5.41, 5.74) is 0.912. The Labute approximate surface area is 113 Å². The summed E-state index contributed by atoms with van der Waals surface area (Å²) in [5, 5.41) is 7.62. The molecule has 0 spiro atoms. The van der Waals surface area contributed by atoms with E-state index in [1.54, 1.807) is 0 Å². The van der Waals surface area contributed by atoms with Gasteiger partial charge in [0.25, 0.3) is 0 Å². The molecule has 4 nitrogen and oxygen atoms in total. The van der Waals surface area contributed by atoms with Gasteiger partial charge in [0.05, 0.1) is 0 Å².